The normalized spacial score (nSPS) is 11.3. The van der Waals surface area contributed by atoms with Crippen LogP contribution in [0, 0.1) is 12.8 Å². The van der Waals surface area contributed by atoms with Crippen molar-refractivity contribution in [3.05, 3.63) is 34.6 Å². The predicted octanol–water partition coefficient (Wildman–Crippen LogP) is 4.46. The number of rotatable bonds is 4. The molecule has 2 rings (SSSR count). The van der Waals surface area contributed by atoms with Crippen molar-refractivity contribution in [3.8, 4) is 11.4 Å². The molecule has 0 saturated carbocycles. The number of hydrogen-bond donors (Lipinski definition) is 0. The Kier molecular flexibility index (Phi) is 4.63. The lowest BCUT2D eigenvalue weighted by Gasteiger charge is -2.13. The Morgan fingerprint density at radius 2 is 2.05 bits per heavy atom. The van der Waals surface area contributed by atoms with Crippen molar-refractivity contribution >= 4 is 27.5 Å². The molecule has 0 spiro atoms. The highest BCUT2D eigenvalue weighted by atomic mass is 79.9. The van der Waals surface area contributed by atoms with Gasteiger partial charge in [-0.3, -0.25) is 0 Å². The Morgan fingerprint density at radius 1 is 1.32 bits per heavy atom. The molecule has 0 radical (unpaired) electrons. The summed E-state index contributed by atoms with van der Waals surface area (Å²) in [7, 11) is 0. The fraction of sp³-hybridized carbons (Fsp3) is 0.429. The zero-order valence-electron chi connectivity index (χ0n) is 11.3. The quantitative estimate of drug-likeness (QED) is 0.768. The van der Waals surface area contributed by atoms with E-state index >= 15 is 0 Å². The van der Waals surface area contributed by atoms with Gasteiger partial charge in [0.25, 0.3) is 0 Å². The standard InChI is InChI=1S/C14H17BrClN3/c1-9(2)8-19-13(7-15)17-18-14(19)12-5-4-11(16)6-10(12)3/h4-6,9H,7-8H2,1-3H3. The second-order valence-corrected chi connectivity index (χ2v) is 6.03. The minimum Gasteiger partial charge on any atom is -0.310 e. The molecule has 0 atom stereocenters. The van der Waals surface area contributed by atoms with Gasteiger partial charge in [0.2, 0.25) is 0 Å². The van der Waals surface area contributed by atoms with Gasteiger partial charge in [0.1, 0.15) is 5.82 Å². The van der Waals surface area contributed by atoms with Crippen LogP contribution in [-0.4, -0.2) is 14.8 Å². The van der Waals surface area contributed by atoms with Crippen molar-refractivity contribution in [2.75, 3.05) is 0 Å². The van der Waals surface area contributed by atoms with Gasteiger partial charge in [0.15, 0.2) is 5.82 Å². The summed E-state index contributed by atoms with van der Waals surface area (Å²) >= 11 is 9.48. The van der Waals surface area contributed by atoms with Crippen LogP contribution in [0.3, 0.4) is 0 Å². The van der Waals surface area contributed by atoms with Crippen molar-refractivity contribution in [1.82, 2.24) is 14.8 Å². The van der Waals surface area contributed by atoms with Crippen molar-refractivity contribution in [3.63, 3.8) is 0 Å². The summed E-state index contributed by atoms with van der Waals surface area (Å²) in [5.41, 5.74) is 2.20. The average Bonchev–Trinajstić information content (AvgIpc) is 2.71. The first kappa shape index (κ1) is 14.5. The van der Waals surface area contributed by atoms with Gasteiger partial charge < -0.3 is 4.57 Å². The Balaban J connectivity index is 2.52. The SMILES string of the molecule is Cc1cc(Cl)ccc1-c1nnc(CBr)n1CC(C)C. The van der Waals surface area contributed by atoms with E-state index in [1.807, 2.05) is 25.1 Å². The summed E-state index contributed by atoms with van der Waals surface area (Å²) in [5, 5.41) is 10.1. The van der Waals surface area contributed by atoms with Gasteiger partial charge >= 0.3 is 0 Å². The molecule has 19 heavy (non-hydrogen) atoms. The lowest BCUT2D eigenvalue weighted by Crippen LogP contribution is -2.09. The number of halogens is 2. The maximum atomic E-state index is 6.01. The second kappa shape index (κ2) is 6.06. The first-order valence-corrected chi connectivity index (χ1v) is 7.77. The van der Waals surface area contributed by atoms with Crippen LogP contribution in [0.1, 0.15) is 25.2 Å². The molecule has 0 unspecified atom stereocenters. The number of aryl methyl sites for hydroxylation is 1. The van der Waals surface area contributed by atoms with Crippen LogP contribution in [0.4, 0.5) is 0 Å². The number of alkyl halides is 1. The highest BCUT2D eigenvalue weighted by Gasteiger charge is 2.15. The van der Waals surface area contributed by atoms with Gasteiger partial charge in [0.05, 0.1) is 5.33 Å². The molecule has 0 amide bonds. The van der Waals surface area contributed by atoms with Crippen LogP contribution >= 0.6 is 27.5 Å². The third kappa shape index (κ3) is 3.18. The van der Waals surface area contributed by atoms with Gasteiger partial charge in [-0.15, -0.1) is 10.2 Å². The van der Waals surface area contributed by atoms with E-state index in [1.54, 1.807) is 0 Å². The number of nitrogens with zero attached hydrogens (tertiary/aromatic N) is 3. The van der Waals surface area contributed by atoms with E-state index in [9.17, 15) is 0 Å². The Bertz CT molecular complexity index is 578. The second-order valence-electron chi connectivity index (χ2n) is 5.04. The molecule has 0 bridgehead atoms. The van der Waals surface area contributed by atoms with E-state index in [4.69, 9.17) is 11.6 Å². The van der Waals surface area contributed by atoms with Crippen molar-refractivity contribution in [2.45, 2.75) is 32.6 Å². The molecule has 0 aliphatic heterocycles. The van der Waals surface area contributed by atoms with Crippen LogP contribution < -0.4 is 0 Å². The third-order valence-electron chi connectivity index (χ3n) is 2.92. The van der Waals surface area contributed by atoms with E-state index in [0.29, 0.717) is 11.2 Å². The summed E-state index contributed by atoms with van der Waals surface area (Å²) < 4.78 is 2.18. The molecule has 5 heteroatoms. The minimum atomic E-state index is 0.542. The number of benzene rings is 1. The van der Waals surface area contributed by atoms with E-state index < -0.39 is 0 Å². The molecule has 0 fully saturated rings. The zero-order valence-corrected chi connectivity index (χ0v) is 13.7. The van der Waals surface area contributed by atoms with E-state index in [-0.39, 0.29) is 0 Å². The maximum absolute atomic E-state index is 6.01. The third-order valence-corrected chi connectivity index (χ3v) is 3.66. The molecule has 0 aliphatic carbocycles. The first-order chi connectivity index (χ1) is 9.02. The molecular formula is C14H17BrClN3. The monoisotopic (exact) mass is 341 g/mol. The van der Waals surface area contributed by atoms with Crippen LogP contribution in [0.15, 0.2) is 18.2 Å². The molecule has 0 saturated heterocycles. The molecule has 0 aliphatic rings. The summed E-state index contributed by atoms with van der Waals surface area (Å²) in [6, 6.07) is 5.86. The minimum absolute atomic E-state index is 0.542. The summed E-state index contributed by atoms with van der Waals surface area (Å²) in [6.45, 7) is 7.34. The molecule has 0 N–H and O–H groups in total. The Hall–Kier alpha value is -0.870. The van der Waals surface area contributed by atoms with Crippen LogP contribution in [0.5, 0.6) is 0 Å². The lowest BCUT2D eigenvalue weighted by molar-refractivity contribution is 0.516. The van der Waals surface area contributed by atoms with E-state index in [2.05, 4.69) is 44.5 Å². The number of aromatic nitrogens is 3. The predicted molar refractivity (Wildman–Crippen MR) is 82.7 cm³/mol. The van der Waals surface area contributed by atoms with Crippen LogP contribution in [0.2, 0.25) is 5.02 Å². The first-order valence-electron chi connectivity index (χ1n) is 6.27. The summed E-state index contributed by atoms with van der Waals surface area (Å²) in [6.07, 6.45) is 0. The molecule has 1 heterocycles. The van der Waals surface area contributed by atoms with Crippen LogP contribution in [-0.2, 0) is 11.9 Å². The molecule has 1 aromatic heterocycles. The Morgan fingerprint density at radius 3 is 2.63 bits per heavy atom. The van der Waals surface area contributed by atoms with Crippen molar-refractivity contribution in [2.24, 2.45) is 5.92 Å². The van der Waals surface area contributed by atoms with E-state index in [1.165, 1.54) is 0 Å². The molecule has 2 aromatic rings. The van der Waals surface area contributed by atoms with Crippen LogP contribution in [0.25, 0.3) is 11.4 Å². The average molecular weight is 343 g/mol. The van der Waals surface area contributed by atoms with Crippen molar-refractivity contribution in [1.29, 1.82) is 0 Å². The number of hydrogen-bond acceptors (Lipinski definition) is 2. The lowest BCUT2D eigenvalue weighted by atomic mass is 10.1. The van der Waals surface area contributed by atoms with E-state index in [0.717, 1.165) is 34.3 Å². The molecule has 102 valence electrons. The van der Waals surface area contributed by atoms with Crippen molar-refractivity contribution < 1.29 is 0 Å². The van der Waals surface area contributed by atoms with Gasteiger partial charge in [-0.25, -0.2) is 0 Å². The summed E-state index contributed by atoms with van der Waals surface area (Å²) in [5.74, 6) is 2.41. The Labute approximate surface area is 127 Å². The van der Waals surface area contributed by atoms with Gasteiger partial charge in [-0.2, -0.15) is 0 Å². The smallest absolute Gasteiger partial charge is 0.164 e. The maximum Gasteiger partial charge on any atom is 0.164 e. The summed E-state index contributed by atoms with van der Waals surface area (Å²) in [4.78, 5) is 0. The highest BCUT2D eigenvalue weighted by Crippen LogP contribution is 2.26. The molecule has 3 nitrogen and oxygen atoms in total. The molecular weight excluding hydrogens is 326 g/mol. The zero-order chi connectivity index (χ0) is 14.0. The van der Waals surface area contributed by atoms with Gasteiger partial charge in [-0.1, -0.05) is 41.4 Å². The van der Waals surface area contributed by atoms with Gasteiger partial charge in [-0.05, 0) is 36.6 Å². The molecule has 1 aromatic carbocycles. The highest BCUT2D eigenvalue weighted by molar-refractivity contribution is 9.08. The fourth-order valence-electron chi connectivity index (χ4n) is 2.07. The fourth-order valence-corrected chi connectivity index (χ4v) is 2.71. The van der Waals surface area contributed by atoms with Gasteiger partial charge in [0, 0.05) is 17.1 Å². The largest absolute Gasteiger partial charge is 0.310 e. The topological polar surface area (TPSA) is 30.7 Å².